The molecular weight excluding hydrogens is 188 g/mol. The Balaban J connectivity index is 2.03. The first-order valence-electron chi connectivity index (χ1n) is 5.66. The number of aryl methyl sites for hydroxylation is 2. The smallest absolute Gasteiger partial charge is 0.126 e. The number of hydrogen-bond acceptors (Lipinski definition) is 3. The summed E-state index contributed by atoms with van der Waals surface area (Å²) in [5, 5.41) is 12.1. The van der Waals surface area contributed by atoms with Gasteiger partial charge in [0, 0.05) is 18.3 Å². The van der Waals surface area contributed by atoms with Crippen molar-refractivity contribution in [3.63, 3.8) is 0 Å². The van der Waals surface area contributed by atoms with E-state index in [1.54, 1.807) is 0 Å². The molecule has 0 saturated heterocycles. The fraction of sp³-hybridized carbons (Fsp3) is 0.583. The first-order chi connectivity index (χ1) is 7.29. The van der Waals surface area contributed by atoms with Gasteiger partial charge in [0.05, 0.1) is 0 Å². The lowest BCUT2D eigenvalue weighted by molar-refractivity contribution is 0.282. The molecule has 0 spiro atoms. The SMILES string of the molecule is CC(CCO)Nc1ccc2c(n1)CCC2. The Labute approximate surface area is 90.5 Å². The van der Waals surface area contributed by atoms with Crippen molar-refractivity contribution in [3.05, 3.63) is 23.4 Å². The van der Waals surface area contributed by atoms with Gasteiger partial charge in [-0.15, -0.1) is 0 Å². The van der Waals surface area contributed by atoms with Gasteiger partial charge in [0.2, 0.25) is 0 Å². The van der Waals surface area contributed by atoms with Crippen LogP contribution in [0.15, 0.2) is 12.1 Å². The average molecular weight is 206 g/mol. The zero-order valence-electron chi connectivity index (χ0n) is 9.16. The predicted molar refractivity (Wildman–Crippen MR) is 61.0 cm³/mol. The lowest BCUT2D eigenvalue weighted by Gasteiger charge is -2.13. The highest BCUT2D eigenvalue weighted by Gasteiger charge is 2.12. The van der Waals surface area contributed by atoms with E-state index >= 15 is 0 Å². The summed E-state index contributed by atoms with van der Waals surface area (Å²) in [4.78, 5) is 4.58. The van der Waals surface area contributed by atoms with Crippen LogP contribution < -0.4 is 5.32 Å². The monoisotopic (exact) mass is 206 g/mol. The summed E-state index contributed by atoms with van der Waals surface area (Å²) < 4.78 is 0. The van der Waals surface area contributed by atoms with Crippen LogP contribution in [0.1, 0.15) is 31.0 Å². The number of rotatable bonds is 4. The molecule has 0 aliphatic heterocycles. The first-order valence-corrected chi connectivity index (χ1v) is 5.66. The molecule has 3 heteroatoms. The van der Waals surface area contributed by atoms with Crippen LogP contribution in [0.4, 0.5) is 5.82 Å². The second-order valence-corrected chi connectivity index (χ2v) is 4.21. The van der Waals surface area contributed by atoms with Gasteiger partial charge in [-0.05, 0) is 44.2 Å². The predicted octanol–water partition coefficient (Wildman–Crippen LogP) is 1.75. The van der Waals surface area contributed by atoms with Crippen LogP contribution in [-0.4, -0.2) is 22.7 Å². The van der Waals surface area contributed by atoms with Gasteiger partial charge in [-0.25, -0.2) is 4.98 Å². The molecule has 2 rings (SSSR count). The van der Waals surface area contributed by atoms with Crippen molar-refractivity contribution in [2.45, 2.75) is 38.6 Å². The molecular formula is C12H18N2O. The Morgan fingerprint density at radius 3 is 3.13 bits per heavy atom. The molecule has 2 N–H and O–H groups in total. The summed E-state index contributed by atoms with van der Waals surface area (Å²) in [6.07, 6.45) is 4.28. The van der Waals surface area contributed by atoms with E-state index in [0.29, 0.717) is 0 Å². The Bertz CT molecular complexity index is 338. The lowest BCUT2D eigenvalue weighted by atomic mass is 10.2. The molecule has 1 aliphatic rings. The third-order valence-electron chi connectivity index (χ3n) is 2.88. The number of hydrogen-bond donors (Lipinski definition) is 2. The highest BCUT2D eigenvalue weighted by atomic mass is 16.3. The van der Waals surface area contributed by atoms with Gasteiger partial charge in [-0.1, -0.05) is 6.07 Å². The fourth-order valence-corrected chi connectivity index (χ4v) is 2.02. The van der Waals surface area contributed by atoms with E-state index < -0.39 is 0 Å². The van der Waals surface area contributed by atoms with Gasteiger partial charge in [0.15, 0.2) is 0 Å². The zero-order valence-corrected chi connectivity index (χ0v) is 9.16. The molecule has 82 valence electrons. The van der Waals surface area contributed by atoms with Crippen molar-refractivity contribution >= 4 is 5.82 Å². The van der Waals surface area contributed by atoms with Crippen LogP contribution in [0.25, 0.3) is 0 Å². The fourth-order valence-electron chi connectivity index (χ4n) is 2.02. The largest absolute Gasteiger partial charge is 0.396 e. The molecule has 0 aromatic carbocycles. The Morgan fingerprint density at radius 2 is 2.33 bits per heavy atom. The maximum atomic E-state index is 8.81. The molecule has 0 radical (unpaired) electrons. The molecule has 0 bridgehead atoms. The van der Waals surface area contributed by atoms with E-state index in [-0.39, 0.29) is 12.6 Å². The summed E-state index contributed by atoms with van der Waals surface area (Å²) in [6.45, 7) is 2.28. The molecule has 0 fully saturated rings. The standard InChI is InChI=1S/C12H18N2O/c1-9(7-8-15)13-12-6-5-10-3-2-4-11(10)14-12/h5-6,9,15H,2-4,7-8H2,1H3,(H,13,14). The molecule has 15 heavy (non-hydrogen) atoms. The van der Waals surface area contributed by atoms with Gasteiger partial charge in [-0.2, -0.15) is 0 Å². The van der Waals surface area contributed by atoms with E-state index in [4.69, 9.17) is 5.11 Å². The molecule has 1 aromatic heterocycles. The molecule has 0 saturated carbocycles. The summed E-state index contributed by atoms with van der Waals surface area (Å²) in [5.41, 5.74) is 2.64. The van der Waals surface area contributed by atoms with Crippen molar-refractivity contribution in [1.29, 1.82) is 0 Å². The van der Waals surface area contributed by atoms with E-state index in [2.05, 4.69) is 23.3 Å². The second-order valence-electron chi connectivity index (χ2n) is 4.21. The molecule has 0 amide bonds. The Kier molecular flexibility index (Phi) is 3.21. The van der Waals surface area contributed by atoms with E-state index in [1.807, 2.05) is 6.07 Å². The lowest BCUT2D eigenvalue weighted by Crippen LogP contribution is -2.17. The summed E-state index contributed by atoms with van der Waals surface area (Å²) in [7, 11) is 0. The number of fused-ring (bicyclic) bond motifs is 1. The molecule has 1 aliphatic carbocycles. The number of aliphatic hydroxyl groups excluding tert-OH is 1. The average Bonchev–Trinajstić information content (AvgIpc) is 2.65. The van der Waals surface area contributed by atoms with Crippen LogP contribution in [0.3, 0.4) is 0 Å². The second kappa shape index (κ2) is 4.62. The molecule has 1 aromatic rings. The van der Waals surface area contributed by atoms with Crippen molar-refractivity contribution in [2.75, 3.05) is 11.9 Å². The minimum absolute atomic E-state index is 0.221. The number of nitrogens with one attached hydrogen (secondary N) is 1. The van der Waals surface area contributed by atoms with Gasteiger partial charge in [-0.3, -0.25) is 0 Å². The van der Waals surface area contributed by atoms with Crippen molar-refractivity contribution in [3.8, 4) is 0 Å². The van der Waals surface area contributed by atoms with Crippen LogP contribution in [0, 0.1) is 0 Å². The van der Waals surface area contributed by atoms with Gasteiger partial charge in [0.25, 0.3) is 0 Å². The van der Waals surface area contributed by atoms with Crippen LogP contribution in [0.5, 0.6) is 0 Å². The van der Waals surface area contributed by atoms with Gasteiger partial charge < -0.3 is 10.4 Å². The van der Waals surface area contributed by atoms with Gasteiger partial charge in [0.1, 0.15) is 5.82 Å². The molecule has 3 nitrogen and oxygen atoms in total. The van der Waals surface area contributed by atoms with Crippen LogP contribution in [0.2, 0.25) is 0 Å². The summed E-state index contributed by atoms with van der Waals surface area (Å²) in [5.74, 6) is 0.941. The van der Waals surface area contributed by atoms with E-state index in [1.165, 1.54) is 24.1 Å². The van der Waals surface area contributed by atoms with Gasteiger partial charge >= 0.3 is 0 Å². The third-order valence-corrected chi connectivity index (χ3v) is 2.88. The zero-order chi connectivity index (χ0) is 10.7. The number of aromatic nitrogens is 1. The Hall–Kier alpha value is -1.09. The number of aliphatic hydroxyl groups is 1. The van der Waals surface area contributed by atoms with E-state index in [0.717, 1.165) is 18.7 Å². The van der Waals surface area contributed by atoms with E-state index in [9.17, 15) is 0 Å². The highest BCUT2D eigenvalue weighted by Crippen LogP contribution is 2.21. The minimum atomic E-state index is 0.221. The number of pyridine rings is 1. The third kappa shape index (κ3) is 2.48. The first kappa shape index (κ1) is 10.4. The topological polar surface area (TPSA) is 45.1 Å². The number of anilines is 1. The normalized spacial score (nSPS) is 16.1. The van der Waals surface area contributed by atoms with Crippen molar-refractivity contribution in [2.24, 2.45) is 0 Å². The quantitative estimate of drug-likeness (QED) is 0.789. The maximum absolute atomic E-state index is 8.81. The number of nitrogens with zero attached hydrogens (tertiary/aromatic N) is 1. The van der Waals surface area contributed by atoms with Crippen LogP contribution >= 0.6 is 0 Å². The van der Waals surface area contributed by atoms with Crippen molar-refractivity contribution in [1.82, 2.24) is 4.98 Å². The summed E-state index contributed by atoms with van der Waals surface area (Å²) in [6, 6.07) is 4.49. The molecule has 1 unspecified atom stereocenters. The maximum Gasteiger partial charge on any atom is 0.126 e. The highest BCUT2D eigenvalue weighted by molar-refractivity contribution is 5.41. The Morgan fingerprint density at radius 1 is 1.47 bits per heavy atom. The molecule has 1 atom stereocenters. The van der Waals surface area contributed by atoms with Crippen molar-refractivity contribution < 1.29 is 5.11 Å². The van der Waals surface area contributed by atoms with Crippen LogP contribution in [-0.2, 0) is 12.8 Å². The summed E-state index contributed by atoms with van der Waals surface area (Å²) >= 11 is 0. The molecule has 1 heterocycles. The minimum Gasteiger partial charge on any atom is -0.396 e.